The zero-order valence-corrected chi connectivity index (χ0v) is 15.1. The maximum Gasteiger partial charge on any atom is 0.0549 e. The van der Waals surface area contributed by atoms with Crippen LogP contribution in [0.5, 0.6) is 0 Å². The van der Waals surface area contributed by atoms with Crippen LogP contribution in [0.3, 0.4) is 0 Å². The van der Waals surface area contributed by atoms with Crippen LogP contribution in [0.15, 0.2) is 84.1 Å². The van der Waals surface area contributed by atoms with Gasteiger partial charge < -0.3 is 4.90 Å². The van der Waals surface area contributed by atoms with E-state index in [1.165, 1.54) is 36.8 Å². The second kappa shape index (κ2) is 7.31. The average Bonchev–Trinajstić information content (AvgIpc) is 2.69. The van der Waals surface area contributed by atoms with Gasteiger partial charge in [-0.25, -0.2) is 0 Å². The number of rotatable bonds is 4. The van der Waals surface area contributed by atoms with Crippen LogP contribution in [0.25, 0.3) is 0 Å². The van der Waals surface area contributed by atoms with Crippen molar-refractivity contribution in [3.8, 4) is 0 Å². The van der Waals surface area contributed by atoms with Crippen molar-refractivity contribution in [1.82, 2.24) is 4.90 Å². The molecule has 0 amide bonds. The first-order valence-electron chi connectivity index (χ1n) is 9.59. The van der Waals surface area contributed by atoms with Crippen LogP contribution < -0.4 is 0 Å². The van der Waals surface area contributed by atoms with Crippen molar-refractivity contribution in [3.63, 3.8) is 0 Å². The molecule has 0 fully saturated rings. The first kappa shape index (κ1) is 16.2. The molecule has 2 atom stereocenters. The zero-order valence-electron chi connectivity index (χ0n) is 15.1. The summed E-state index contributed by atoms with van der Waals surface area (Å²) in [5.74, 6) is 0. The van der Waals surface area contributed by atoms with Gasteiger partial charge in [0, 0.05) is 6.20 Å². The lowest BCUT2D eigenvalue weighted by molar-refractivity contribution is 0.228. The molecule has 1 aliphatic heterocycles. The Balaban J connectivity index is 1.67. The topological polar surface area (TPSA) is 3.24 Å². The van der Waals surface area contributed by atoms with Gasteiger partial charge in [-0.15, -0.1) is 0 Å². The van der Waals surface area contributed by atoms with Gasteiger partial charge in [0.1, 0.15) is 0 Å². The van der Waals surface area contributed by atoms with Crippen molar-refractivity contribution in [2.45, 2.75) is 51.1 Å². The van der Waals surface area contributed by atoms with Crippen molar-refractivity contribution < 1.29 is 0 Å². The van der Waals surface area contributed by atoms with Crippen molar-refractivity contribution >= 4 is 0 Å². The molecule has 2 aromatic carbocycles. The van der Waals surface area contributed by atoms with Gasteiger partial charge in [0.05, 0.1) is 12.1 Å². The highest BCUT2D eigenvalue weighted by atomic mass is 15.2. The summed E-state index contributed by atoms with van der Waals surface area (Å²) in [6.45, 7) is 2.34. The van der Waals surface area contributed by atoms with E-state index < -0.39 is 0 Å². The van der Waals surface area contributed by atoms with Gasteiger partial charge in [-0.05, 0) is 67.4 Å². The van der Waals surface area contributed by atoms with Crippen LogP contribution in [0.1, 0.15) is 49.8 Å². The van der Waals surface area contributed by atoms with E-state index in [1.807, 2.05) is 0 Å². The summed E-state index contributed by atoms with van der Waals surface area (Å²) in [7, 11) is 0. The standard InChI is InChI=1S/C24H27N/c1-19(21-12-6-3-7-13-21)25-17-16-22-14-8-9-15-23(22)24(25)18-20-10-4-2-5-11-20/h2-7,10-13,16-17,19,24H,8-9,14-15,18H2,1H3/t19-,24+/m1/s1. The maximum absolute atomic E-state index is 2.59. The molecule has 0 bridgehead atoms. The Morgan fingerprint density at radius 3 is 2.36 bits per heavy atom. The molecule has 128 valence electrons. The van der Waals surface area contributed by atoms with Crippen molar-refractivity contribution in [1.29, 1.82) is 0 Å². The van der Waals surface area contributed by atoms with Crippen LogP contribution in [0.4, 0.5) is 0 Å². The minimum Gasteiger partial charge on any atom is -0.364 e. The third kappa shape index (κ3) is 3.42. The van der Waals surface area contributed by atoms with E-state index in [9.17, 15) is 0 Å². The van der Waals surface area contributed by atoms with Crippen molar-refractivity contribution in [2.75, 3.05) is 0 Å². The second-order valence-corrected chi connectivity index (χ2v) is 7.31. The molecule has 0 N–H and O–H groups in total. The molecule has 0 aromatic heterocycles. The first-order chi connectivity index (χ1) is 12.3. The predicted octanol–water partition coefficient (Wildman–Crippen LogP) is 6.06. The van der Waals surface area contributed by atoms with E-state index in [4.69, 9.17) is 0 Å². The summed E-state index contributed by atoms with van der Waals surface area (Å²) >= 11 is 0. The van der Waals surface area contributed by atoms with E-state index in [1.54, 1.807) is 11.1 Å². The Labute approximate surface area is 151 Å². The second-order valence-electron chi connectivity index (χ2n) is 7.31. The lowest BCUT2D eigenvalue weighted by Gasteiger charge is -2.42. The lowest BCUT2D eigenvalue weighted by atomic mass is 9.82. The molecule has 0 unspecified atom stereocenters. The van der Waals surface area contributed by atoms with Crippen LogP contribution >= 0.6 is 0 Å². The zero-order chi connectivity index (χ0) is 17.1. The fourth-order valence-corrected chi connectivity index (χ4v) is 4.35. The molecule has 25 heavy (non-hydrogen) atoms. The van der Waals surface area contributed by atoms with Gasteiger partial charge >= 0.3 is 0 Å². The summed E-state index contributed by atoms with van der Waals surface area (Å²) in [6, 6.07) is 22.8. The van der Waals surface area contributed by atoms with Gasteiger partial charge in [0.25, 0.3) is 0 Å². The summed E-state index contributed by atoms with van der Waals surface area (Å²) in [4.78, 5) is 2.59. The average molecular weight is 329 g/mol. The van der Waals surface area contributed by atoms with E-state index >= 15 is 0 Å². The molecule has 2 aromatic rings. The minimum atomic E-state index is 0.391. The third-order valence-corrected chi connectivity index (χ3v) is 5.77. The number of hydrogen-bond acceptors (Lipinski definition) is 1. The van der Waals surface area contributed by atoms with Gasteiger partial charge in [0.15, 0.2) is 0 Å². The molecule has 0 saturated heterocycles. The van der Waals surface area contributed by atoms with Crippen molar-refractivity contribution in [2.24, 2.45) is 0 Å². The normalized spacial score (nSPS) is 21.2. The monoisotopic (exact) mass is 329 g/mol. The van der Waals surface area contributed by atoms with E-state index in [-0.39, 0.29) is 0 Å². The molecular formula is C24H27N. The van der Waals surface area contributed by atoms with E-state index in [2.05, 4.69) is 84.8 Å². The van der Waals surface area contributed by atoms with Gasteiger partial charge in [-0.2, -0.15) is 0 Å². The van der Waals surface area contributed by atoms with Crippen LogP contribution in [-0.4, -0.2) is 10.9 Å². The fraction of sp³-hybridized carbons (Fsp3) is 0.333. The molecule has 1 aliphatic carbocycles. The smallest absolute Gasteiger partial charge is 0.0549 e. The molecular weight excluding hydrogens is 302 g/mol. The maximum atomic E-state index is 2.59. The minimum absolute atomic E-state index is 0.391. The highest BCUT2D eigenvalue weighted by Gasteiger charge is 2.30. The third-order valence-electron chi connectivity index (χ3n) is 5.77. The summed E-state index contributed by atoms with van der Waals surface area (Å²) in [5, 5.41) is 0. The lowest BCUT2D eigenvalue weighted by Crippen LogP contribution is -2.39. The van der Waals surface area contributed by atoms with Gasteiger partial charge in [-0.3, -0.25) is 0 Å². The van der Waals surface area contributed by atoms with Crippen molar-refractivity contribution in [3.05, 3.63) is 95.2 Å². The summed E-state index contributed by atoms with van der Waals surface area (Å²) in [5.41, 5.74) is 6.11. The predicted molar refractivity (Wildman–Crippen MR) is 105 cm³/mol. The Hall–Kier alpha value is -2.28. The Morgan fingerprint density at radius 1 is 0.920 bits per heavy atom. The number of benzene rings is 2. The molecule has 1 heterocycles. The van der Waals surface area contributed by atoms with Gasteiger partial charge in [-0.1, -0.05) is 60.7 Å². The molecule has 0 spiro atoms. The number of allylic oxidation sites excluding steroid dienone is 2. The molecule has 1 heteroatoms. The highest BCUT2D eigenvalue weighted by molar-refractivity contribution is 5.37. The SMILES string of the molecule is C[C@H](c1ccccc1)N1C=CC2=C(CCCC2)[C@@H]1Cc1ccccc1. The number of nitrogens with zero attached hydrogens (tertiary/aromatic N) is 1. The van der Waals surface area contributed by atoms with Gasteiger partial charge in [0.2, 0.25) is 0 Å². The Morgan fingerprint density at radius 2 is 1.60 bits per heavy atom. The Bertz CT molecular complexity index is 757. The molecule has 0 radical (unpaired) electrons. The van der Waals surface area contributed by atoms with E-state index in [0.29, 0.717) is 12.1 Å². The highest BCUT2D eigenvalue weighted by Crippen LogP contribution is 2.38. The molecule has 1 nitrogen and oxygen atoms in total. The van der Waals surface area contributed by atoms with Crippen LogP contribution in [-0.2, 0) is 6.42 Å². The Kier molecular flexibility index (Phi) is 4.74. The van der Waals surface area contributed by atoms with E-state index in [0.717, 1.165) is 6.42 Å². The van der Waals surface area contributed by atoms with Crippen LogP contribution in [0, 0.1) is 0 Å². The number of hydrogen-bond donors (Lipinski definition) is 0. The fourth-order valence-electron chi connectivity index (χ4n) is 4.35. The molecule has 0 saturated carbocycles. The largest absolute Gasteiger partial charge is 0.364 e. The van der Waals surface area contributed by atoms with Crippen LogP contribution in [0.2, 0.25) is 0 Å². The quantitative estimate of drug-likeness (QED) is 0.659. The molecule has 2 aliphatic rings. The first-order valence-corrected chi connectivity index (χ1v) is 9.59. The summed E-state index contributed by atoms with van der Waals surface area (Å²) in [6.07, 6.45) is 11.0. The summed E-state index contributed by atoms with van der Waals surface area (Å²) < 4.78 is 0. The molecule has 4 rings (SSSR count).